The van der Waals surface area contributed by atoms with E-state index >= 15 is 0 Å². The first-order valence-corrected chi connectivity index (χ1v) is 8.26. The van der Waals surface area contributed by atoms with Crippen molar-refractivity contribution in [1.82, 2.24) is 0 Å². The molecule has 0 amide bonds. The van der Waals surface area contributed by atoms with Crippen molar-refractivity contribution in [3.8, 4) is 11.5 Å². The lowest BCUT2D eigenvalue weighted by Crippen LogP contribution is -3.15. The molecule has 0 aliphatic carbocycles. The molecule has 3 rings (SSSR count). The van der Waals surface area contributed by atoms with Gasteiger partial charge in [-0.05, 0) is 24.3 Å². The molecule has 0 saturated carbocycles. The average molecular weight is 298 g/mol. The standard InChI is InChI=1S/C19H24N2O/c1-20-11-6-12-21(14-13-20)16-17-7-5-10-19(15-17)22-18-8-3-2-4-9-18/h2-5,7-10,15H,6,11-14,16H2,1H3/p+2. The third kappa shape index (κ3) is 4.33. The molecule has 1 heterocycles. The number of ether oxygens (including phenoxy) is 1. The lowest BCUT2D eigenvalue weighted by atomic mass is 10.2. The molecule has 2 atom stereocenters. The average Bonchev–Trinajstić information content (AvgIpc) is 2.73. The largest absolute Gasteiger partial charge is 0.457 e. The molecule has 0 radical (unpaired) electrons. The zero-order chi connectivity index (χ0) is 15.2. The van der Waals surface area contributed by atoms with Gasteiger partial charge in [0.2, 0.25) is 0 Å². The minimum atomic E-state index is 0.895. The van der Waals surface area contributed by atoms with Gasteiger partial charge in [0.05, 0.1) is 20.1 Å². The summed E-state index contributed by atoms with van der Waals surface area (Å²) in [5, 5.41) is 0. The molecular formula is C19H26N2O+2. The van der Waals surface area contributed by atoms with Gasteiger partial charge in [0.25, 0.3) is 0 Å². The van der Waals surface area contributed by atoms with Crippen LogP contribution in [0.25, 0.3) is 0 Å². The molecule has 0 bridgehead atoms. The number of benzene rings is 2. The minimum Gasteiger partial charge on any atom is -0.457 e. The van der Waals surface area contributed by atoms with Gasteiger partial charge in [-0.2, -0.15) is 0 Å². The molecule has 2 aromatic carbocycles. The van der Waals surface area contributed by atoms with Crippen molar-refractivity contribution in [2.75, 3.05) is 33.2 Å². The van der Waals surface area contributed by atoms with E-state index in [0.29, 0.717) is 0 Å². The van der Waals surface area contributed by atoms with Crippen LogP contribution < -0.4 is 14.5 Å². The molecule has 22 heavy (non-hydrogen) atoms. The van der Waals surface area contributed by atoms with Gasteiger partial charge in [0.15, 0.2) is 0 Å². The molecule has 116 valence electrons. The Morgan fingerprint density at radius 2 is 1.68 bits per heavy atom. The van der Waals surface area contributed by atoms with E-state index in [-0.39, 0.29) is 0 Å². The van der Waals surface area contributed by atoms with Crippen LogP contribution in [-0.4, -0.2) is 33.2 Å². The van der Waals surface area contributed by atoms with E-state index in [4.69, 9.17) is 4.74 Å². The molecule has 1 fully saturated rings. The quantitative estimate of drug-likeness (QED) is 0.854. The Labute approximate surface area is 133 Å². The molecular weight excluding hydrogens is 272 g/mol. The fourth-order valence-electron chi connectivity index (χ4n) is 3.09. The number of likely N-dealkylation sites (N-methyl/N-ethyl adjacent to an activating group) is 1. The summed E-state index contributed by atoms with van der Waals surface area (Å²) in [5.41, 5.74) is 1.36. The number of hydrogen-bond acceptors (Lipinski definition) is 1. The highest BCUT2D eigenvalue weighted by atomic mass is 16.5. The van der Waals surface area contributed by atoms with Gasteiger partial charge in [-0.25, -0.2) is 0 Å². The molecule has 3 nitrogen and oxygen atoms in total. The van der Waals surface area contributed by atoms with Gasteiger partial charge < -0.3 is 14.5 Å². The summed E-state index contributed by atoms with van der Waals surface area (Å²) in [4.78, 5) is 3.35. The van der Waals surface area contributed by atoms with Crippen LogP contribution in [0.1, 0.15) is 12.0 Å². The van der Waals surface area contributed by atoms with E-state index in [0.717, 1.165) is 18.0 Å². The van der Waals surface area contributed by atoms with Crippen molar-refractivity contribution >= 4 is 0 Å². The second-order valence-electron chi connectivity index (χ2n) is 6.30. The van der Waals surface area contributed by atoms with E-state index < -0.39 is 0 Å². The van der Waals surface area contributed by atoms with Crippen molar-refractivity contribution in [1.29, 1.82) is 0 Å². The zero-order valence-corrected chi connectivity index (χ0v) is 13.3. The smallest absolute Gasteiger partial charge is 0.127 e. The van der Waals surface area contributed by atoms with Crippen LogP contribution in [0.3, 0.4) is 0 Å². The Morgan fingerprint density at radius 1 is 0.864 bits per heavy atom. The van der Waals surface area contributed by atoms with Crippen molar-refractivity contribution < 1.29 is 14.5 Å². The first kappa shape index (κ1) is 15.1. The van der Waals surface area contributed by atoms with Crippen molar-refractivity contribution in [3.63, 3.8) is 0 Å². The van der Waals surface area contributed by atoms with Crippen LogP contribution in [0.5, 0.6) is 11.5 Å². The van der Waals surface area contributed by atoms with Crippen LogP contribution in [-0.2, 0) is 6.54 Å². The van der Waals surface area contributed by atoms with Crippen LogP contribution in [0.15, 0.2) is 54.6 Å². The van der Waals surface area contributed by atoms with Gasteiger partial charge in [0.1, 0.15) is 31.1 Å². The van der Waals surface area contributed by atoms with Crippen LogP contribution in [0, 0.1) is 0 Å². The minimum absolute atomic E-state index is 0.895. The van der Waals surface area contributed by atoms with Gasteiger partial charge in [-0.3, -0.25) is 0 Å². The number of para-hydroxylation sites is 1. The monoisotopic (exact) mass is 298 g/mol. The third-order valence-electron chi connectivity index (χ3n) is 4.37. The summed E-state index contributed by atoms with van der Waals surface area (Å²) in [6, 6.07) is 18.5. The second-order valence-corrected chi connectivity index (χ2v) is 6.30. The number of hydrogen-bond donors (Lipinski definition) is 2. The van der Waals surface area contributed by atoms with Crippen LogP contribution in [0.2, 0.25) is 0 Å². The first-order chi connectivity index (χ1) is 10.8. The molecule has 2 aromatic rings. The Hall–Kier alpha value is -1.84. The Bertz CT molecular complexity index is 585. The van der Waals surface area contributed by atoms with E-state index in [1.807, 2.05) is 36.4 Å². The van der Waals surface area contributed by atoms with Crippen molar-refractivity contribution in [2.24, 2.45) is 0 Å². The van der Waals surface area contributed by atoms with Crippen molar-refractivity contribution in [3.05, 3.63) is 60.2 Å². The third-order valence-corrected chi connectivity index (χ3v) is 4.37. The maximum atomic E-state index is 5.94. The summed E-state index contributed by atoms with van der Waals surface area (Å²) in [7, 11) is 2.30. The van der Waals surface area contributed by atoms with Crippen LogP contribution in [0.4, 0.5) is 0 Å². The maximum absolute atomic E-state index is 5.94. The highest BCUT2D eigenvalue weighted by Crippen LogP contribution is 2.21. The van der Waals surface area contributed by atoms with Gasteiger partial charge >= 0.3 is 0 Å². The molecule has 1 aliphatic heterocycles. The predicted octanol–water partition coefficient (Wildman–Crippen LogP) is 0.782. The van der Waals surface area contributed by atoms with E-state index in [1.165, 1.54) is 38.2 Å². The highest BCUT2D eigenvalue weighted by Gasteiger charge is 2.17. The van der Waals surface area contributed by atoms with E-state index in [9.17, 15) is 0 Å². The fourth-order valence-corrected chi connectivity index (χ4v) is 3.09. The zero-order valence-electron chi connectivity index (χ0n) is 13.3. The molecule has 3 heteroatoms. The molecule has 2 unspecified atom stereocenters. The maximum Gasteiger partial charge on any atom is 0.127 e. The Balaban J connectivity index is 1.63. The fraction of sp³-hybridized carbons (Fsp3) is 0.368. The van der Waals surface area contributed by atoms with Gasteiger partial charge in [-0.15, -0.1) is 0 Å². The second kappa shape index (κ2) is 7.43. The summed E-state index contributed by atoms with van der Waals surface area (Å²) >= 11 is 0. The first-order valence-electron chi connectivity index (χ1n) is 8.26. The predicted molar refractivity (Wildman–Crippen MR) is 88.6 cm³/mol. The Morgan fingerprint density at radius 3 is 2.55 bits per heavy atom. The Kier molecular flexibility index (Phi) is 5.09. The lowest BCUT2D eigenvalue weighted by Gasteiger charge is -2.16. The lowest BCUT2D eigenvalue weighted by molar-refractivity contribution is -0.938. The number of quaternary nitrogens is 2. The number of nitrogens with one attached hydrogen (secondary N) is 2. The molecule has 2 N–H and O–H groups in total. The molecule has 0 aromatic heterocycles. The van der Waals surface area contributed by atoms with Gasteiger partial charge in [0, 0.05) is 12.0 Å². The highest BCUT2D eigenvalue weighted by molar-refractivity contribution is 5.33. The van der Waals surface area contributed by atoms with Gasteiger partial charge in [-0.1, -0.05) is 30.3 Å². The SMILES string of the molecule is C[NH+]1CCC[NH+](Cc2cccc(Oc3ccccc3)c2)CC1. The molecule has 1 saturated heterocycles. The van der Waals surface area contributed by atoms with E-state index in [2.05, 4.69) is 25.2 Å². The summed E-state index contributed by atoms with van der Waals surface area (Å²) in [6.45, 7) is 6.21. The molecule has 0 spiro atoms. The normalized spacial score (nSPS) is 22.0. The summed E-state index contributed by atoms with van der Waals surface area (Å²) in [6.07, 6.45) is 1.32. The molecule has 1 aliphatic rings. The van der Waals surface area contributed by atoms with Crippen molar-refractivity contribution in [2.45, 2.75) is 13.0 Å². The van der Waals surface area contributed by atoms with Crippen LogP contribution >= 0.6 is 0 Å². The summed E-state index contributed by atoms with van der Waals surface area (Å²) in [5.74, 6) is 1.83. The summed E-state index contributed by atoms with van der Waals surface area (Å²) < 4.78 is 5.94. The van der Waals surface area contributed by atoms with E-state index in [1.54, 1.807) is 9.80 Å². The topological polar surface area (TPSA) is 18.1 Å². The number of rotatable bonds is 4.